The third-order valence-corrected chi connectivity index (χ3v) is 4.43. The molecule has 0 saturated carbocycles. The van der Waals surface area contributed by atoms with Gasteiger partial charge in [0.25, 0.3) is 0 Å². The summed E-state index contributed by atoms with van der Waals surface area (Å²) in [5.41, 5.74) is 6.04. The molecule has 4 unspecified atom stereocenters. The fourth-order valence-electron chi connectivity index (χ4n) is 2.56. The van der Waals surface area contributed by atoms with Crippen LogP contribution in [0, 0.1) is 0 Å². The fourth-order valence-corrected chi connectivity index (χ4v) is 2.56. The molecule has 0 aliphatic carbocycles. The monoisotopic (exact) mass is 452 g/mol. The van der Waals surface area contributed by atoms with Crippen LogP contribution in [0.3, 0.4) is 0 Å². The molecule has 0 fully saturated rings. The second-order valence-corrected chi connectivity index (χ2v) is 7.28. The number of phenolic OH excluding ortho intramolecular Hbond substituents is 1. The zero-order valence-corrected chi connectivity index (χ0v) is 17.7. The van der Waals surface area contributed by atoms with Gasteiger partial charge in [0, 0.05) is 12.8 Å². The number of benzene rings is 1. The molecule has 1 rings (SSSR count). The lowest BCUT2D eigenvalue weighted by molar-refractivity contribution is -0.141. The Morgan fingerprint density at radius 3 is 1.91 bits per heavy atom. The van der Waals surface area contributed by atoms with Gasteiger partial charge in [0.15, 0.2) is 0 Å². The van der Waals surface area contributed by atoms with Crippen molar-refractivity contribution in [2.75, 3.05) is 0 Å². The molecule has 32 heavy (non-hydrogen) atoms. The topological polar surface area (TPSA) is 208 Å². The fraction of sp³-hybridized carbons (Fsp3) is 0.450. The molecule has 0 saturated heterocycles. The minimum absolute atomic E-state index is 0.00867. The number of aromatic hydroxyl groups is 1. The van der Waals surface area contributed by atoms with E-state index >= 15 is 0 Å². The van der Waals surface area contributed by atoms with Gasteiger partial charge in [-0.15, -0.1) is 0 Å². The Kier molecular flexibility index (Phi) is 10.1. The summed E-state index contributed by atoms with van der Waals surface area (Å²) in [5.74, 6) is -4.79. The molecule has 0 aliphatic rings. The Bertz CT molecular complexity index is 841. The largest absolute Gasteiger partial charge is 0.508 e. The quantitative estimate of drug-likeness (QED) is 0.201. The minimum Gasteiger partial charge on any atom is -0.508 e. The number of carbonyl (C=O) groups excluding carboxylic acids is 3. The Balaban J connectivity index is 3.07. The zero-order chi connectivity index (χ0) is 24.4. The van der Waals surface area contributed by atoms with Crippen molar-refractivity contribution in [3.63, 3.8) is 0 Å². The first-order valence-corrected chi connectivity index (χ1v) is 9.80. The predicted molar refractivity (Wildman–Crippen MR) is 111 cm³/mol. The number of hydrogen-bond acceptors (Lipinski definition) is 7. The second kappa shape index (κ2) is 12.2. The number of carboxylic acid groups (broad SMARTS) is 2. The first kappa shape index (κ1) is 26.4. The van der Waals surface area contributed by atoms with Crippen molar-refractivity contribution >= 4 is 29.7 Å². The highest BCUT2D eigenvalue weighted by Gasteiger charge is 2.29. The van der Waals surface area contributed by atoms with Gasteiger partial charge < -0.3 is 37.0 Å². The smallest absolute Gasteiger partial charge is 0.325 e. The third-order valence-electron chi connectivity index (χ3n) is 4.43. The van der Waals surface area contributed by atoms with Crippen molar-refractivity contribution in [1.29, 1.82) is 0 Å². The van der Waals surface area contributed by atoms with Gasteiger partial charge in [-0.2, -0.15) is 0 Å². The molecular weight excluding hydrogens is 424 g/mol. The summed E-state index contributed by atoms with van der Waals surface area (Å²) in [6, 6.07) is 1.08. The van der Waals surface area contributed by atoms with Crippen molar-refractivity contribution in [3.05, 3.63) is 29.8 Å². The minimum atomic E-state index is -1.28. The molecule has 3 amide bonds. The summed E-state index contributed by atoms with van der Waals surface area (Å²) in [5, 5.41) is 34.4. The van der Waals surface area contributed by atoms with Gasteiger partial charge in [-0.1, -0.05) is 12.1 Å². The molecule has 0 aromatic heterocycles. The number of aliphatic carboxylic acids is 2. The molecule has 1 aromatic rings. The Labute approximate surface area is 184 Å². The number of hydrogen-bond donors (Lipinski definition) is 7. The van der Waals surface area contributed by atoms with E-state index in [1.54, 1.807) is 0 Å². The van der Waals surface area contributed by atoms with E-state index in [1.165, 1.54) is 38.1 Å². The number of rotatable bonds is 12. The zero-order valence-electron chi connectivity index (χ0n) is 17.7. The highest BCUT2D eigenvalue weighted by atomic mass is 16.4. The van der Waals surface area contributed by atoms with Crippen LogP contribution in [0.2, 0.25) is 0 Å². The maximum atomic E-state index is 12.8. The average molecular weight is 452 g/mol. The van der Waals surface area contributed by atoms with Gasteiger partial charge in [0.1, 0.15) is 23.9 Å². The highest BCUT2D eigenvalue weighted by Crippen LogP contribution is 2.12. The van der Waals surface area contributed by atoms with Gasteiger partial charge in [0.05, 0.1) is 6.04 Å². The molecule has 0 aliphatic heterocycles. The normalized spacial score (nSPS) is 14.3. The lowest BCUT2D eigenvalue weighted by Crippen LogP contribution is -2.57. The van der Waals surface area contributed by atoms with Crippen LogP contribution in [0.15, 0.2) is 24.3 Å². The van der Waals surface area contributed by atoms with Gasteiger partial charge in [-0.25, -0.2) is 0 Å². The standard InChI is InChI=1S/C20H28N4O8/c1-10(21)17(28)23-14(7-8-16(26)27)18(29)24-15(19(30)22-11(2)20(31)32)9-12-3-5-13(25)6-4-12/h3-6,10-11,14-15,25H,7-9,21H2,1-2H3,(H,22,30)(H,23,28)(H,24,29)(H,26,27)(H,31,32). The summed E-state index contributed by atoms with van der Waals surface area (Å²) in [6.07, 6.45) is -0.738. The van der Waals surface area contributed by atoms with Gasteiger partial charge >= 0.3 is 11.9 Å². The van der Waals surface area contributed by atoms with E-state index in [2.05, 4.69) is 16.0 Å². The van der Waals surface area contributed by atoms with Crippen molar-refractivity contribution in [2.24, 2.45) is 5.73 Å². The number of nitrogens with one attached hydrogen (secondary N) is 3. The van der Waals surface area contributed by atoms with Crippen molar-refractivity contribution < 1.29 is 39.3 Å². The van der Waals surface area contributed by atoms with Gasteiger partial charge in [-0.3, -0.25) is 24.0 Å². The van der Waals surface area contributed by atoms with Crippen LogP contribution < -0.4 is 21.7 Å². The van der Waals surface area contributed by atoms with E-state index in [9.17, 15) is 29.1 Å². The molecular formula is C20H28N4O8. The number of amides is 3. The van der Waals surface area contributed by atoms with E-state index in [4.69, 9.17) is 15.9 Å². The number of phenols is 1. The summed E-state index contributed by atoms with van der Waals surface area (Å²) >= 11 is 0. The van der Waals surface area contributed by atoms with Crippen LogP contribution in [-0.4, -0.2) is 69.1 Å². The molecule has 0 bridgehead atoms. The summed E-state index contributed by atoms with van der Waals surface area (Å²) in [4.78, 5) is 59.4. The van der Waals surface area contributed by atoms with E-state index in [1.807, 2.05) is 0 Å². The van der Waals surface area contributed by atoms with E-state index < -0.39 is 60.2 Å². The maximum absolute atomic E-state index is 12.8. The van der Waals surface area contributed by atoms with Crippen LogP contribution in [0.25, 0.3) is 0 Å². The molecule has 4 atom stereocenters. The first-order chi connectivity index (χ1) is 14.9. The molecule has 0 heterocycles. The highest BCUT2D eigenvalue weighted by molar-refractivity contribution is 5.94. The van der Waals surface area contributed by atoms with Crippen LogP contribution in [0.5, 0.6) is 5.75 Å². The van der Waals surface area contributed by atoms with Crippen LogP contribution in [0.4, 0.5) is 0 Å². The molecule has 1 aromatic carbocycles. The molecule has 12 heteroatoms. The lowest BCUT2D eigenvalue weighted by atomic mass is 10.0. The van der Waals surface area contributed by atoms with Crippen LogP contribution in [-0.2, 0) is 30.4 Å². The third kappa shape index (κ3) is 9.00. The van der Waals surface area contributed by atoms with E-state index in [-0.39, 0.29) is 18.6 Å². The Morgan fingerprint density at radius 1 is 0.875 bits per heavy atom. The lowest BCUT2D eigenvalue weighted by Gasteiger charge is -2.24. The van der Waals surface area contributed by atoms with Gasteiger partial charge in [-0.05, 0) is 38.0 Å². The second-order valence-electron chi connectivity index (χ2n) is 7.28. The Morgan fingerprint density at radius 2 is 1.41 bits per heavy atom. The molecule has 12 nitrogen and oxygen atoms in total. The maximum Gasteiger partial charge on any atom is 0.325 e. The summed E-state index contributed by atoms with van der Waals surface area (Å²) in [7, 11) is 0. The first-order valence-electron chi connectivity index (χ1n) is 9.80. The van der Waals surface area contributed by atoms with Gasteiger partial charge in [0.2, 0.25) is 17.7 Å². The molecule has 0 spiro atoms. The average Bonchev–Trinajstić information content (AvgIpc) is 2.71. The summed E-state index contributed by atoms with van der Waals surface area (Å²) < 4.78 is 0. The van der Waals surface area contributed by atoms with Crippen LogP contribution >= 0.6 is 0 Å². The predicted octanol–water partition coefficient (Wildman–Crippen LogP) is -1.29. The molecule has 0 radical (unpaired) electrons. The summed E-state index contributed by atoms with van der Waals surface area (Å²) in [6.45, 7) is 2.63. The SMILES string of the molecule is CC(N)C(=O)NC(CCC(=O)O)C(=O)NC(Cc1ccc(O)cc1)C(=O)NC(C)C(=O)O. The molecule has 176 valence electrons. The van der Waals surface area contributed by atoms with Crippen LogP contribution in [0.1, 0.15) is 32.3 Å². The Hall–Kier alpha value is -3.67. The number of carboxylic acids is 2. The van der Waals surface area contributed by atoms with Crippen molar-refractivity contribution in [1.82, 2.24) is 16.0 Å². The number of carbonyl (C=O) groups is 5. The van der Waals surface area contributed by atoms with Crippen molar-refractivity contribution in [3.8, 4) is 5.75 Å². The van der Waals surface area contributed by atoms with Crippen molar-refractivity contribution in [2.45, 2.75) is 57.3 Å². The number of nitrogens with two attached hydrogens (primary N) is 1. The van der Waals surface area contributed by atoms with E-state index in [0.29, 0.717) is 5.56 Å². The molecule has 8 N–H and O–H groups in total. The van der Waals surface area contributed by atoms with E-state index in [0.717, 1.165) is 0 Å².